The van der Waals surface area contributed by atoms with Crippen molar-refractivity contribution in [2.24, 2.45) is 5.92 Å². The van der Waals surface area contributed by atoms with Gasteiger partial charge in [0, 0.05) is 16.7 Å². The summed E-state index contributed by atoms with van der Waals surface area (Å²) in [6.07, 6.45) is 0. The Morgan fingerprint density at radius 2 is 2.05 bits per heavy atom. The van der Waals surface area contributed by atoms with Crippen molar-refractivity contribution in [3.8, 4) is 11.1 Å². The number of hydrogen-bond acceptors (Lipinski definition) is 4. The highest BCUT2D eigenvalue weighted by atomic mass is 32.2. The molecule has 114 valence electrons. The van der Waals surface area contributed by atoms with E-state index in [-0.39, 0.29) is 11.4 Å². The average molecular weight is 334 g/mol. The van der Waals surface area contributed by atoms with E-state index in [1.54, 1.807) is 23.9 Å². The van der Waals surface area contributed by atoms with Gasteiger partial charge in [-0.1, -0.05) is 37.7 Å². The molecule has 0 amide bonds. The van der Waals surface area contributed by atoms with Crippen LogP contribution in [0, 0.1) is 11.7 Å². The third-order valence-corrected chi connectivity index (χ3v) is 5.30. The topological polar surface area (TPSA) is 45.8 Å². The van der Waals surface area contributed by atoms with Crippen LogP contribution in [-0.2, 0) is 0 Å². The van der Waals surface area contributed by atoms with Crippen molar-refractivity contribution < 1.29 is 4.39 Å². The number of nitrogens with one attached hydrogen (secondary N) is 1. The number of thiophene rings is 1. The Kier molecular flexibility index (Phi) is 4.31. The van der Waals surface area contributed by atoms with Gasteiger partial charge in [-0.05, 0) is 23.6 Å². The molecule has 22 heavy (non-hydrogen) atoms. The molecule has 2 aromatic heterocycles. The van der Waals surface area contributed by atoms with E-state index in [0.717, 1.165) is 16.9 Å². The first-order valence-corrected chi connectivity index (χ1v) is 8.81. The Morgan fingerprint density at radius 3 is 2.73 bits per heavy atom. The fourth-order valence-corrected chi connectivity index (χ4v) is 3.90. The normalized spacial score (nSPS) is 11.5. The number of fused-ring (bicyclic) bond motifs is 1. The first-order chi connectivity index (χ1) is 10.5. The highest BCUT2D eigenvalue weighted by molar-refractivity contribution is 7.99. The lowest BCUT2D eigenvalue weighted by Crippen LogP contribution is -2.09. The van der Waals surface area contributed by atoms with E-state index in [2.05, 4.69) is 23.8 Å². The molecule has 0 saturated heterocycles. The summed E-state index contributed by atoms with van der Waals surface area (Å²) in [5.74, 6) is 1.15. The quantitative estimate of drug-likeness (QED) is 0.563. The molecule has 0 fully saturated rings. The van der Waals surface area contributed by atoms with E-state index in [1.165, 1.54) is 23.5 Å². The van der Waals surface area contributed by atoms with Crippen LogP contribution in [0.4, 0.5) is 4.39 Å². The second-order valence-corrected chi connectivity index (χ2v) is 7.28. The molecule has 1 N–H and O–H groups in total. The van der Waals surface area contributed by atoms with Crippen LogP contribution >= 0.6 is 23.1 Å². The summed E-state index contributed by atoms with van der Waals surface area (Å²) in [6.45, 7) is 4.25. The number of rotatable bonds is 4. The summed E-state index contributed by atoms with van der Waals surface area (Å²) in [5.41, 5.74) is 1.48. The molecular weight excluding hydrogens is 319 g/mol. The summed E-state index contributed by atoms with van der Waals surface area (Å²) in [7, 11) is 0. The number of aromatic amines is 1. The van der Waals surface area contributed by atoms with E-state index in [1.807, 2.05) is 5.38 Å². The minimum atomic E-state index is -0.289. The highest BCUT2D eigenvalue weighted by Gasteiger charge is 2.13. The molecule has 0 radical (unpaired) electrons. The van der Waals surface area contributed by atoms with Gasteiger partial charge in [0.2, 0.25) is 0 Å². The van der Waals surface area contributed by atoms with Crippen LogP contribution in [0.3, 0.4) is 0 Å². The smallest absolute Gasteiger partial charge is 0.260 e. The Morgan fingerprint density at radius 1 is 1.32 bits per heavy atom. The van der Waals surface area contributed by atoms with Crippen LogP contribution in [-0.4, -0.2) is 15.7 Å². The fraction of sp³-hybridized carbons (Fsp3) is 0.250. The van der Waals surface area contributed by atoms with Gasteiger partial charge in [-0.25, -0.2) is 9.37 Å². The largest absolute Gasteiger partial charge is 0.301 e. The lowest BCUT2D eigenvalue weighted by atomic mass is 10.1. The van der Waals surface area contributed by atoms with Gasteiger partial charge in [0.05, 0.1) is 5.39 Å². The van der Waals surface area contributed by atoms with Crippen molar-refractivity contribution in [1.82, 2.24) is 9.97 Å². The molecule has 6 heteroatoms. The van der Waals surface area contributed by atoms with Crippen molar-refractivity contribution in [1.29, 1.82) is 0 Å². The van der Waals surface area contributed by atoms with Gasteiger partial charge in [0.1, 0.15) is 10.6 Å². The number of aromatic nitrogens is 2. The van der Waals surface area contributed by atoms with Crippen molar-refractivity contribution in [3.05, 3.63) is 45.8 Å². The van der Waals surface area contributed by atoms with Gasteiger partial charge < -0.3 is 4.98 Å². The van der Waals surface area contributed by atoms with Gasteiger partial charge >= 0.3 is 0 Å². The number of nitrogens with zero attached hydrogens (tertiary/aromatic N) is 1. The number of halogens is 1. The fourth-order valence-electron chi connectivity index (χ4n) is 2.09. The summed E-state index contributed by atoms with van der Waals surface area (Å²) in [5, 5.41) is 3.13. The van der Waals surface area contributed by atoms with E-state index in [9.17, 15) is 9.18 Å². The molecule has 0 unspecified atom stereocenters. The van der Waals surface area contributed by atoms with Crippen LogP contribution in [0.25, 0.3) is 21.3 Å². The summed E-state index contributed by atoms with van der Waals surface area (Å²) in [4.78, 5) is 20.5. The number of hydrogen-bond donors (Lipinski definition) is 1. The highest BCUT2D eigenvalue weighted by Crippen LogP contribution is 2.31. The maximum absolute atomic E-state index is 13.0. The summed E-state index contributed by atoms with van der Waals surface area (Å²) in [6, 6.07) is 6.15. The van der Waals surface area contributed by atoms with Gasteiger partial charge in [0.25, 0.3) is 5.56 Å². The zero-order chi connectivity index (χ0) is 15.7. The molecule has 2 heterocycles. The zero-order valence-corrected chi connectivity index (χ0v) is 13.9. The molecule has 0 saturated carbocycles. The number of H-pyrrole nitrogens is 1. The zero-order valence-electron chi connectivity index (χ0n) is 12.2. The number of thioether (sulfide) groups is 1. The predicted molar refractivity (Wildman–Crippen MR) is 91.2 cm³/mol. The Balaban J connectivity index is 2.04. The lowest BCUT2D eigenvalue weighted by Gasteiger charge is -2.04. The van der Waals surface area contributed by atoms with Crippen molar-refractivity contribution in [2.75, 3.05) is 5.75 Å². The van der Waals surface area contributed by atoms with Gasteiger partial charge in [-0.15, -0.1) is 11.3 Å². The SMILES string of the molecule is CC(C)CSc1nc2scc(-c3ccc(F)cc3)c2c(=O)[nH]1. The summed E-state index contributed by atoms with van der Waals surface area (Å²) < 4.78 is 13.0. The molecular formula is C16H15FN2OS2. The lowest BCUT2D eigenvalue weighted by molar-refractivity contribution is 0.628. The second-order valence-electron chi connectivity index (χ2n) is 5.41. The summed E-state index contributed by atoms with van der Waals surface area (Å²) >= 11 is 2.99. The maximum atomic E-state index is 13.0. The minimum Gasteiger partial charge on any atom is -0.301 e. The van der Waals surface area contributed by atoms with Crippen LogP contribution in [0.1, 0.15) is 13.8 Å². The third-order valence-electron chi connectivity index (χ3n) is 3.13. The van der Waals surface area contributed by atoms with E-state index >= 15 is 0 Å². The molecule has 0 spiro atoms. The minimum absolute atomic E-state index is 0.142. The molecule has 1 aromatic carbocycles. The molecule has 0 atom stereocenters. The van der Waals surface area contributed by atoms with E-state index in [4.69, 9.17) is 0 Å². The van der Waals surface area contributed by atoms with Gasteiger partial charge in [-0.3, -0.25) is 4.79 Å². The standard InChI is InChI=1S/C16H15FN2OS2/c1-9(2)7-22-16-18-14(20)13-12(8-21-15(13)19-16)10-3-5-11(17)6-4-10/h3-6,8-9H,7H2,1-2H3,(H,18,19,20). The van der Waals surface area contributed by atoms with Gasteiger partial charge in [0.15, 0.2) is 5.16 Å². The molecule has 0 aliphatic rings. The second kappa shape index (κ2) is 6.22. The molecule has 0 aliphatic carbocycles. The molecule has 3 nitrogen and oxygen atoms in total. The van der Waals surface area contributed by atoms with Crippen molar-refractivity contribution in [3.63, 3.8) is 0 Å². The van der Waals surface area contributed by atoms with Crippen LogP contribution in [0.15, 0.2) is 39.6 Å². The molecule has 0 bridgehead atoms. The van der Waals surface area contributed by atoms with E-state index < -0.39 is 0 Å². The molecule has 0 aliphatic heterocycles. The first kappa shape index (κ1) is 15.2. The predicted octanol–water partition coefficient (Wildman–Crippen LogP) is 4.54. The van der Waals surface area contributed by atoms with E-state index in [0.29, 0.717) is 21.3 Å². The molecule has 3 aromatic rings. The van der Waals surface area contributed by atoms with Crippen molar-refractivity contribution in [2.45, 2.75) is 19.0 Å². The average Bonchev–Trinajstić information content (AvgIpc) is 2.90. The van der Waals surface area contributed by atoms with Crippen LogP contribution < -0.4 is 5.56 Å². The van der Waals surface area contributed by atoms with Gasteiger partial charge in [-0.2, -0.15) is 0 Å². The Hall–Kier alpha value is -1.66. The van der Waals surface area contributed by atoms with Crippen LogP contribution in [0.5, 0.6) is 0 Å². The monoisotopic (exact) mass is 334 g/mol. The molecule has 3 rings (SSSR count). The first-order valence-electron chi connectivity index (χ1n) is 6.95. The Bertz CT molecular complexity index is 853. The maximum Gasteiger partial charge on any atom is 0.260 e. The van der Waals surface area contributed by atoms with Crippen LogP contribution in [0.2, 0.25) is 0 Å². The number of benzene rings is 1. The Labute approximate surface area is 135 Å². The van der Waals surface area contributed by atoms with Crippen molar-refractivity contribution >= 4 is 33.3 Å². The third kappa shape index (κ3) is 3.08.